The zero-order valence-corrected chi connectivity index (χ0v) is 17.3. The van der Waals surface area contributed by atoms with Gasteiger partial charge in [-0.2, -0.15) is 5.26 Å². The normalized spacial score (nSPS) is 14.9. The van der Waals surface area contributed by atoms with Gasteiger partial charge in [0.15, 0.2) is 5.82 Å². The molecule has 0 radical (unpaired) electrons. The molecule has 2 aromatic rings. The van der Waals surface area contributed by atoms with Gasteiger partial charge in [0.25, 0.3) is 0 Å². The quantitative estimate of drug-likeness (QED) is 0.728. The van der Waals surface area contributed by atoms with E-state index in [9.17, 15) is 23.2 Å². The molecule has 3 rings (SSSR count). The molecule has 0 unspecified atom stereocenters. The summed E-state index contributed by atoms with van der Waals surface area (Å²) >= 11 is 0. The number of benzene rings is 1. The second-order valence-electron chi connectivity index (χ2n) is 7.91. The topological polar surface area (TPSA) is 83.6 Å². The van der Waals surface area contributed by atoms with Crippen LogP contribution in [-0.2, 0) is 4.74 Å². The number of piperazine rings is 1. The highest BCUT2D eigenvalue weighted by Gasteiger charge is 2.31. The van der Waals surface area contributed by atoms with Gasteiger partial charge in [0.2, 0.25) is 0 Å². The van der Waals surface area contributed by atoms with Crippen molar-refractivity contribution in [2.24, 2.45) is 0 Å². The molecule has 1 fully saturated rings. The number of hydrogen-bond acceptors (Lipinski definition) is 6. The van der Waals surface area contributed by atoms with Crippen LogP contribution in [0.3, 0.4) is 0 Å². The minimum Gasteiger partial charge on any atom is -0.444 e. The lowest BCUT2D eigenvalue weighted by Crippen LogP contribution is -2.50. The van der Waals surface area contributed by atoms with E-state index in [2.05, 4.69) is 9.84 Å². The van der Waals surface area contributed by atoms with E-state index in [1.807, 2.05) is 11.0 Å². The van der Waals surface area contributed by atoms with Gasteiger partial charge in [-0.05, 0) is 45.0 Å². The second-order valence-corrected chi connectivity index (χ2v) is 7.91. The van der Waals surface area contributed by atoms with Gasteiger partial charge in [0.1, 0.15) is 23.1 Å². The number of rotatable bonds is 3. The number of carbonyl (C=O) groups excluding carboxylic acids is 1. The Morgan fingerprint density at radius 3 is 2.23 bits per heavy atom. The van der Waals surface area contributed by atoms with E-state index in [1.165, 1.54) is 16.8 Å². The van der Waals surface area contributed by atoms with E-state index in [0.717, 1.165) is 12.1 Å². The summed E-state index contributed by atoms with van der Waals surface area (Å²) in [6, 6.07) is 8.73. The van der Waals surface area contributed by atoms with E-state index in [-0.39, 0.29) is 17.5 Å². The fourth-order valence-corrected chi connectivity index (χ4v) is 3.03. The third-order valence-electron chi connectivity index (χ3n) is 4.38. The number of amides is 1. The number of alkyl halides is 3. The van der Waals surface area contributed by atoms with Crippen LogP contribution in [0.25, 0.3) is 5.69 Å². The minimum absolute atomic E-state index is 0.231. The van der Waals surface area contributed by atoms with Gasteiger partial charge >= 0.3 is 12.5 Å². The van der Waals surface area contributed by atoms with Gasteiger partial charge in [-0.3, -0.25) is 0 Å². The maximum atomic E-state index is 12.3. The molecule has 0 bridgehead atoms. The smallest absolute Gasteiger partial charge is 0.444 e. The molecule has 8 nitrogen and oxygen atoms in total. The van der Waals surface area contributed by atoms with E-state index < -0.39 is 12.0 Å². The predicted molar refractivity (Wildman–Crippen MR) is 105 cm³/mol. The number of hydrogen-bond donors (Lipinski definition) is 0. The Balaban J connectivity index is 1.70. The summed E-state index contributed by atoms with van der Waals surface area (Å²) in [7, 11) is 0. The average Bonchev–Trinajstić information content (AvgIpc) is 3.10. The van der Waals surface area contributed by atoms with Crippen LogP contribution in [0, 0.1) is 11.3 Å². The summed E-state index contributed by atoms with van der Waals surface area (Å²) in [5, 5.41) is 13.9. The molecule has 0 atom stereocenters. The fourth-order valence-electron chi connectivity index (χ4n) is 3.03. The molecule has 1 amide bonds. The Labute approximate surface area is 177 Å². The van der Waals surface area contributed by atoms with Crippen molar-refractivity contribution in [3.05, 3.63) is 36.0 Å². The standard InChI is InChI=1S/C20H22F3N5O3/c1-19(2,3)31-18(29)27-10-8-26(9-11-27)17-12-15(13-24)28(25-17)14-4-6-16(7-5-14)30-20(21,22)23/h4-7,12H,8-11H2,1-3H3. The molecular formula is C20H22F3N5O3. The van der Waals surface area contributed by atoms with Crippen LogP contribution in [-0.4, -0.2) is 58.9 Å². The summed E-state index contributed by atoms with van der Waals surface area (Å²) in [5.41, 5.74) is 0.0776. The number of aromatic nitrogens is 2. The van der Waals surface area contributed by atoms with E-state index in [1.54, 1.807) is 31.7 Å². The first-order valence-electron chi connectivity index (χ1n) is 9.54. The van der Waals surface area contributed by atoms with Crippen LogP contribution in [0.2, 0.25) is 0 Å². The van der Waals surface area contributed by atoms with Crippen molar-refractivity contribution >= 4 is 11.9 Å². The molecule has 1 saturated heterocycles. The lowest BCUT2D eigenvalue weighted by Gasteiger charge is -2.35. The van der Waals surface area contributed by atoms with Crippen LogP contribution in [0.15, 0.2) is 30.3 Å². The predicted octanol–water partition coefficient (Wildman–Crippen LogP) is 3.70. The molecule has 0 saturated carbocycles. The van der Waals surface area contributed by atoms with Gasteiger partial charge in [-0.15, -0.1) is 18.3 Å². The Kier molecular flexibility index (Phi) is 6.01. The van der Waals surface area contributed by atoms with Gasteiger partial charge in [0.05, 0.1) is 5.69 Å². The van der Waals surface area contributed by atoms with Crippen molar-refractivity contribution in [3.63, 3.8) is 0 Å². The summed E-state index contributed by atoms with van der Waals surface area (Å²) in [6.45, 7) is 7.29. The maximum Gasteiger partial charge on any atom is 0.573 e. The summed E-state index contributed by atoms with van der Waals surface area (Å²) in [6.07, 6.45) is -5.16. The Bertz CT molecular complexity index is 966. The molecule has 1 aromatic heterocycles. The third kappa shape index (κ3) is 5.81. The lowest BCUT2D eigenvalue weighted by molar-refractivity contribution is -0.274. The molecule has 2 heterocycles. The number of ether oxygens (including phenoxy) is 2. The first-order valence-corrected chi connectivity index (χ1v) is 9.54. The highest BCUT2D eigenvalue weighted by molar-refractivity contribution is 5.68. The van der Waals surface area contributed by atoms with Crippen molar-refractivity contribution in [2.75, 3.05) is 31.1 Å². The minimum atomic E-state index is -4.78. The molecule has 1 aliphatic rings. The van der Waals surface area contributed by atoms with Crippen LogP contribution >= 0.6 is 0 Å². The van der Waals surface area contributed by atoms with Gasteiger partial charge in [-0.25, -0.2) is 9.48 Å². The summed E-state index contributed by atoms with van der Waals surface area (Å²) in [5.74, 6) is 0.177. The molecule has 1 aliphatic heterocycles. The molecule has 11 heteroatoms. The zero-order valence-electron chi connectivity index (χ0n) is 17.3. The van der Waals surface area contributed by atoms with Crippen LogP contribution < -0.4 is 9.64 Å². The van der Waals surface area contributed by atoms with Crippen molar-refractivity contribution in [2.45, 2.75) is 32.7 Å². The highest BCUT2D eigenvalue weighted by Crippen LogP contribution is 2.25. The largest absolute Gasteiger partial charge is 0.573 e. The van der Waals surface area contributed by atoms with Gasteiger partial charge < -0.3 is 19.3 Å². The maximum absolute atomic E-state index is 12.3. The Morgan fingerprint density at radius 1 is 1.10 bits per heavy atom. The molecule has 1 aromatic carbocycles. The van der Waals surface area contributed by atoms with Crippen LogP contribution in [0.5, 0.6) is 5.75 Å². The molecule has 31 heavy (non-hydrogen) atoms. The van der Waals surface area contributed by atoms with Crippen LogP contribution in [0.4, 0.5) is 23.8 Å². The first kappa shape index (κ1) is 22.3. The average molecular weight is 437 g/mol. The Hall–Kier alpha value is -3.42. The fraction of sp³-hybridized carbons (Fsp3) is 0.450. The number of nitriles is 1. The van der Waals surface area contributed by atoms with Crippen molar-refractivity contribution in [1.29, 1.82) is 5.26 Å². The Morgan fingerprint density at radius 2 is 1.71 bits per heavy atom. The van der Waals surface area contributed by atoms with Crippen LogP contribution in [0.1, 0.15) is 26.5 Å². The van der Waals surface area contributed by atoms with Gasteiger partial charge in [-0.1, -0.05) is 0 Å². The van der Waals surface area contributed by atoms with Crippen molar-refractivity contribution < 1.29 is 27.4 Å². The van der Waals surface area contributed by atoms with Crippen molar-refractivity contribution in [1.82, 2.24) is 14.7 Å². The SMILES string of the molecule is CC(C)(C)OC(=O)N1CCN(c2cc(C#N)n(-c3ccc(OC(F)(F)F)cc3)n2)CC1. The molecular weight excluding hydrogens is 415 g/mol. The summed E-state index contributed by atoms with van der Waals surface area (Å²) in [4.78, 5) is 15.7. The van der Waals surface area contributed by atoms with Crippen molar-refractivity contribution in [3.8, 4) is 17.5 Å². The van der Waals surface area contributed by atoms with E-state index in [0.29, 0.717) is 37.7 Å². The molecule has 0 aliphatic carbocycles. The first-order chi connectivity index (χ1) is 14.4. The molecule has 0 spiro atoms. The van der Waals surface area contributed by atoms with Gasteiger partial charge in [0, 0.05) is 32.2 Å². The lowest BCUT2D eigenvalue weighted by atomic mass is 10.2. The third-order valence-corrected chi connectivity index (χ3v) is 4.38. The monoisotopic (exact) mass is 437 g/mol. The second kappa shape index (κ2) is 8.37. The summed E-state index contributed by atoms with van der Waals surface area (Å²) < 4.78 is 47.6. The number of nitrogens with zero attached hydrogens (tertiary/aromatic N) is 5. The molecule has 0 N–H and O–H groups in total. The van der Waals surface area contributed by atoms with E-state index in [4.69, 9.17) is 4.74 Å². The molecule has 166 valence electrons. The number of halogens is 3. The zero-order chi connectivity index (χ0) is 22.8. The number of carbonyl (C=O) groups is 1. The van der Waals surface area contributed by atoms with E-state index >= 15 is 0 Å². The highest BCUT2D eigenvalue weighted by atomic mass is 19.4. The number of anilines is 1.